The number of hydrogen-bond donors (Lipinski definition) is 0. The van der Waals surface area contributed by atoms with Gasteiger partial charge in [0.1, 0.15) is 5.60 Å². The van der Waals surface area contributed by atoms with Crippen LogP contribution in [0.25, 0.3) is 0 Å². The molecule has 1 aliphatic heterocycles. The third-order valence-electron chi connectivity index (χ3n) is 4.99. The lowest BCUT2D eigenvalue weighted by molar-refractivity contribution is -0.137. The smallest absolute Gasteiger partial charge is 0.410 e. The van der Waals surface area contributed by atoms with Crippen molar-refractivity contribution in [2.24, 2.45) is 0 Å². The van der Waals surface area contributed by atoms with Gasteiger partial charge in [-0.3, -0.25) is 4.90 Å². The second kappa shape index (κ2) is 8.77. The van der Waals surface area contributed by atoms with Gasteiger partial charge in [0.15, 0.2) is 8.32 Å². The maximum Gasteiger partial charge on any atom is 0.410 e. The molecular weight excluding hydrogens is 362 g/mol. The zero-order chi connectivity index (χ0) is 21.0. The van der Waals surface area contributed by atoms with Gasteiger partial charge >= 0.3 is 12.1 Å². The van der Waals surface area contributed by atoms with Crippen LogP contribution < -0.4 is 0 Å². The van der Waals surface area contributed by atoms with E-state index >= 15 is 0 Å². The van der Waals surface area contributed by atoms with Gasteiger partial charge in [0, 0.05) is 12.6 Å². The molecule has 1 aliphatic rings. The molecule has 27 heavy (non-hydrogen) atoms. The average Bonchev–Trinajstić information content (AvgIpc) is 2.84. The predicted molar refractivity (Wildman–Crippen MR) is 109 cm³/mol. The number of esters is 1. The molecule has 0 aromatic carbocycles. The van der Waals surface area contributed by atoms with E-state index in [0.717, 1.165) is 0 Å². The van der Waals surface area contributed by atoms with Gasteiger partial charge in [0.05, 0.1) is 18.8 Å². The Morgan fingerprint density at radius 2 is 1.74 bits per heavy atom. The van der Waals surface area contributed by atoms with Crippen LogP contribution in [-0.4, -0.2) is 56.2 Å². The van der Waals surface area contributed by atoms with E-state index in [4.69, 9.17) is 13.9 Å². The van der Waals surface area contributed by atoms with Gasteiger partial charge in [-0.05, 0) is 52.2 Å². The summed E-state index contributed by atoms with van der Waals surface area (Å²) in [5.74, 6) is -0.417. The number of carbonyl (C=O) groups excluding carboxylic acids is 2. The first-order valence-corrected chi connectivity index (χ1v) is 12.6. The van der Waals surface area contributed by atoms with Gasteiger partial charge in [0.2, 0.25) is 0 Å². The molecule has 2 atom stereocenters. The van der Waals surface area contributed by atoms with E-state index in [0.29, 0.717) is 19.6 Å². The molecule has 0 radical (unpaired) electrons. The highest BCUT2D eigenvalue weighted by Gasteiger charge is 2.45. The van der Waals surface area contributed by atoms with Gasteiger partial charge in [-0.1, -0.05) is 26.8 Å². The van der Waals surface area contributed by atoms with Crippen molar-refractivity contribution in [3.8, 4) is 0 Å². The van der Waals surface area contributed by atoms with E-state index in [1.54, 1.807) is 17.9 Å². The lowest BCUT2D eigenvalue weighted by atomic mass is 10.1. The molecule has 6 nitrogen and oxygen atoms in total. The van der Waals surface area contributed by atoms with Crippen LogP contribution in [0.2, 0.25) is 18.1 Å². The van der Waals surface area contributed by atoms with Crippen LogP contribution in [0.3, 0.4) is 0 Å². The normalized spacial score (nSPS) is 21.6. The Bertz CT molecular complexity index is 560. The van der Waals surface area contributed by atoms with Crippen LogP contribution in [0, 0.1) is 0 Å². The Hall–Kier alpha value is -1.34. The van der Waals surface area contributed by atoms with Crippen LogP contribution >= 0.6 is 0 Å². The number of hydrogen-bond acceptors (Lipinski definition) is 5. The molecule has 1 amide bonds. The van der Waals surface area contributed by atoms with Gasteiger partial charge in [-0.25, -0.2) is 9.59 Å². The molecule has 1 fully saturated rings. The summed E-state index contributed by atoms with van der Waals surface area (Å²) in [6.07, 6.45) is 3.27. The second-order valence-corrected chi connectivity index (χ2v) is 14.2. The molecule has 0 aliphatic carbocycles. The van der Waals surface area contributed by atoms with Crippen molar-refractivity contribution in [1.29, 1.82) is 0 Å². The summed E-state index contributed by atoms with van der Waals surface area (Å²) in [4.78, 5) is 26.1. The zero-order valence-electron chi connectivity index (χ0n) is 18.4. The van der Waals surface area contributed by atoms with Crippen molar-refractivity contribution in [2.75, 3.05) is 13.2 Å². The van der Waals surface area contributed by atoms with Gasteiger partial charge in [0.25, 0.3) is 0 Å². The van der Waals surface area contributed by atoms with Crippen molar-refractivity contribution in [3.05, 3.63) is 12.2 Å². The molecule has 156 valence electrons. The number of ether oxygens (including phenoxy) is 2. The Balaban J connectivity index is 3.05. The molecule has 1 saturated heterocycles. The Morgan fingerprint density at radius 1 is 1.15 bits per heavy atom. The summed E-state index contributed by atoms with van der Waals surface area (Å²) < 4.78 is 17.1. The SMILES string of the molecule is CCOC(=O)/C=C/[C@@H]1[C@@H](O[Si](C)(C)C(C)(C)C)CCN1C(=O)OC(C)(C)C. The predicted octanol–water partition coefficient (Wildman–Crippen LogP) is 4.51. The molecule has 0 aromatic rings. The topological polar surface area (TPSA) is 65.1 Å². The van der Waals surface area contributed by atoms with E-state index in [1.807, 2.05) is 20.8 Å². The second-order valence-electron chi connectivity index (χ2n) is 9.48. The maximum atomic E-state index is 12.7. The summed E-state index contributed by atoms with van der Waals surface area (Å²) in [5, 5.41) is 0.0573. The van der Waals surface area contributed by atoms with Crippen molar-refractivity contribution in [3.63, 3.8) is 0 Å². The van der Waals surface area contributed by atoms with Gasteiger partial charge < -0.3 is 13.9 Å². The van der Waals surface area contributed by atoms with Crippen LogP contribution in [0.15, 0.2) is 12.2 Å². The van der Waals surface area contributed by atoms with E-state index in [9.17, 15) is 9.59 Å². The molecule has 0 saturated carbocycles. The summed E-state index contributed by atoms with van der Waals surface area (Å²) in [5.41, 5.74) is -0.579. The minimum Gasteiger partial charge on any atom is -0.463 e. The molecule has 0 N–H and O–H groups in total. The summed E-state index contributed by atoms with van der Waals surface area (Å²) in [6.45, 7) is 19.1. The number of amides is 1. The minimum atomic E-state index is -2.02. The molecular formula is C20H37NO5Si. The highest BCUT2D eigenvalue weighted by atomic mass is 28.4. The fraction of sp³-hybridized carbons (Fsp3) is 0.800. The molecule has 0 spiro atoms. The molecule has 1 heterocycles. The van der Waals surface area contributed by atoms with Crippen LogP contribution in [0.4, 0.5) is 4.79 Å². The monoisotopic (exact) mass is 399 g/mol. The van der Waals surface area contributed by atoms with Crippen LogP contribution in [-0.2, 0) is 18.7 Å². The number of carbonyl (C=O) groups is 2. The molecule has 0 aromatic heterocycles. The Morgan fingerprint density at radius 3 is 2.22 bits per heavy atom. The lowest BCUT2D eigenvalue weighted by Crippen LogP contribution is -2.48. The largest absolute Gasteiger partial charge is 0.463 e. The third-order valence-corrected chi connectivity index (χ3v) is 9.50. The molecule has 7 heteroatoms. The summed E-state index contributed by atoms with van der Waals surface area (Å²) >= 11 is 0. The third kappa shape index (κ3) is 6.96. The standard InChI is InChI=1S/C20H37NO5Si/c1-10-24-17(22)12-11-15-16(26-27(8,9)20(5,6)7)13-14-21(15)18(23)25-19(2,3)4/h11-12,15-16H,10,13-14H2,1-9H3/b12-11+/t15-,16+/m1/s1. The number of likely N-dealkylation sites (tertiary alicyclic amines) is 1. The molecule has 0 unspecified atom stereocenters. The minimum absolute atomic E-state index is 0.0573. The Labute approximate surface area is 165 Å². The maximum absolute atomic E-state index is 12.7. The van der Waals surface area contributed by atoms with Crippen LogP contribution in [0.1, 0.15) is 54.9 Å². The first-order chi connectivity index (χ1) is 12.2. The van der Waals surface area contributed by atoms with Crippen LogP contribution in [0.5, 0.6) is 0 Å². The zero-order valence-corrected chi connectivity index (χ0v) is 19.4. The number of rotatable bonds is 5. The molecule has 1 rings (SSSR count). The van der Waals surface area contributed by atoms with Crippen molar-refractivity contribution < 1.29 is 23.5 Å². The van der Waals surface area contributed by atoms with E-state index in [2.05, 4.69) is 33.9 Å². The van der Waals surface area contributed by atoms with Crippen molar-refractivity contribution >= 4 is 20.4 Å². The van der Waals surface area contributed by atoms with Gasteiger partial charge in [-0.15, -0.1) is 0 Å². The average molecular weight is 400 g/mol. The van der Waals surface area contributed by atoms with Crippen molar-refractivity contribution in [2.45, 2.75) is 90.8 Å². The van der Waals surface area contributed by atoms with E-state index in [1.165, 1.54) is 6.08 Å². The first kappa shape index (κ1) is 23.7. The molecule has 0 bridgehead atoms. The van der Waals surface area contributed by atoms with Gasteiger partial charge in [-0.2, -0.15) is 0 Å². The number of nitrogens with zero attached hydrogens (tertiary/aromatic N) is 1. The first-order valence-electron chi connectivity index (χ1n) is 9.70. The van der Waals surface area contributed by atoms with E-state index in [-0.39, 0.29) is 23.3 Å². The summed E-state index contributed by atoms with van der Waals surface area (Å²) in [7, 11) is -2.02. The fourth-order valence-electron chi connectivity index (χ4n) is 2.60. The quantitative estimate of drug-likeness (QED) is 0.387. The Kier molecular flexibility index (Phi) is 7.70. The highest BCUT2D eigenvalue weighted by Crippen LogP contribution is 2.39. The highest BCUT2D eigenvalue weighted by molar-refractivity contribution is 6.74. The van der Waals surface area contributed by atoms with Crippen molar-refractivity contribution in [1.82, 2.24) is 4.90 Å². The van der Waals surface area contributed by atoms with E-state index < -0.39 is 19.9 Å². The fourth-order valence-corrected chi connectivity index (χ4v) is 3.97. The lowest BCUT2D eigenvalue weighted by Gasteiger charge is -2.40. The summed E-state index contributed by atoms with van der Waals surface area (Å²) in [6, 6.07) is -0.349.